The molecule has 0 bridgehead atoms. The molecule has 2 aromatic rings. The minimum Gasteiger partial charge on any atom is -0.345 e. The lowest BCUT2D eigenvalue weighted by Gasteiger charge is -2.16. The monoisotopic (exact) mass is 395 g/mol. The van der Waals surface area contributed by atoms with Crippen LogP contribution in [0.25, 0.3) is 0 Å². The van der Waals surface area contributed by atoms with E-state index in [1.54, 1.807) is 0 Å². The number of carbonyl (C=O) groups excluding carboxylic acids is 1. The summed E-state index contributed by atoms with van der Waals surface area (Å²) in [6, 6.07) is 13.5. The van der Waals surface area contributed by atoms with Crippen molar-refractivity contribution in [2.45, 2.75) is 19.9 Å². The molecule has 2 rings (SSSR count). The van der Waals surface area contributed by atoms with Gasteiger partial charge >= 0.3 is 0 Å². The maximum absolute atomic E-state index is 12.4. The summed E-state index contributed by atoms with van der Waals surface area (Å²) in [5.74, 6) is -0.0798. The highest BCUT2D eigenvalue weighted by atomic mass is 79.9. The third-order valence-corrected chi connectivity index (χ3v) is 4.93. The molecule has 0 saturated heterocycles. The van der Waals surface area contributed by atoms with Crippen molar-refractivity contribution in [3.05, 3.63) is 68.1 Å². The van der Waals surface area contributed by atoms with Crippen LogP contribution in [0.4, 0.5) is 0 Å². The summed E-state index contributed by atoms with van der Waals surface area (Å²) in [7, 11) is 0. The molecule has 0 radical (unpaired) electrons. The molecule has 0 heterocycles. The number of carbonyl (C=O) groups is 1. The SMILES string of the molecule is Cc1cccc(C(=O)NC(C)c2ccccc2Br)c1Br. The zero-order valence-electron chi connectivity index (χ0n) is 11.3. The second kappa shape index (κ2) is 6.55. The van der Waals surface area contributed by atoms with Gasteiger partial charge < -0.3 is 5.32 Å². The lowest BCUT2D eigenvalue weighted by atomic mass is 10.1. The molecule has 0 aliphatic rings. The Hall–Kier alpha value is -1.13. The van der Waals surface area contributed by atoms with E-state index in [9.17, 15) is 4.79 Å². The van der Waals surface area contributed by atoms with Gasteiger partial charge in [0.25, 0.3) is 5.91 Å². The van der Waals surface area contributed by atoms with Crippen molar-refractivity contribution in [1.29, 1.82) is 0 Å². The molecule has 104 valence electrons. The Kier molecular flexibility index (Phi) is 5.00. The quantitative estimate of drug-likeness (QED) is 0.775. The van der Waals surface area contributed by atoms with Crippen molar-refractivity contribution in [2.75, 3.05) is 0 Å². The van der Waals surface area contributed by atoms with Gasteiger partial charge in [0.1, 0.15) is 0 Å². The van der Waals surface area contributed by atoms with E-state index < -0.39 is 0 Å². The fourth-order valence-electron chi connectivity index (χ4n) is 2.00. The lowest BCUT2D eigenvalue weighted by molar-refractivity contribution is 0.0939. The molecule has 0 fully saturated rings. The number of aryl methyl sites for hydroxylation is 1. The number of nitrogens with one attached hydrogen (secondary N) is 1. The second-order valence-corrected chi connectivity index (χ2v) is 6.30. The smallest absolute Gasteiger partial charge is 0.252 e. The van der Waals surface area contributed by atoms with Gasteiger partial charge in [0.05, 0.1) is 11.6 Å². The van der Waals surface area contributed by atoms with Crippen molar-refractivity contribution in [3.8, 4) is 0 Å². The van der Waals surface area contributed by atoms with Crippen LogP contribution >= 0.6 is 31.9 Å². The van der Waals surface area contributed by atoms with E-state index in [4.69, 9.17) is 0 Å². The predicted molar refractivity (Wildman–Crippen MR) is 88.9 cm³/mol. The maximum Gasteiger partial charge on any atom is 0.252 e. The highest BCUT2D eigenvalue weighted by molar-refractivity contribution is 9.10. The fourth-order valence-corrected chi connectivity index (χ4v) is 3.07. The Morgan fingerprint density at radius 3 is 2.50 bits per heavy atom. The van der Waals surface area contributed by atoms with Gasteiger partial charge in [-0.25, -0.2) is 0 Å². The third-order valence-electron chi connectivity index (χ3n) is 3.16. The zero-order valence-corrected chi connectivity index (χ0v) is 14.5. The molecule has 20 heavy (non-hydrogen) atoms. The molecule has 0 spiro atoms. The molecule has 0 aliphatic carbocycles. The molecule has 1 atom stereocenters. The number of hydrogen-bond acceptors (Lipinski definition) is 1. The molecule has 1 amide bonds. The van der Waals surface area contributed by atoms with E-state index >= 15 is 0 Å². The van der Waals surface area contributed by atoms with E-state index in [-0.39, 0.29) is 11.9 Å². The van der Waals surface area contributed by atoms with Crippen molar-refractivity contribution in [2.24, 2.45) is 0 Å². The minimum atomic E-state index is -0.0798. The first kappa shape index (κ1) is 15.3. The van der Waals surface area contributed by atoms with E-state index in [0.29, 0.717) is 5.56 Å². The number of amides is 1. The Morgan fingerprint density at radius 1 is 1.10 bits per heavy atom. The Balaban J connectivity index is 2.20. The Labute approximate surface area is 135 Å². The van der Waals surface area contributed by atoms with E-state index in [2.05, 4.69) is 37.2 Å². The molecule has 0 aromatic heterocycles. The highest BCUT2D eigenvalue weighted by Gasteiger charge is 2.16. The first-order valence-corrected chi connectivity index (χ1v) is 7.89. The highest BCUT2D eigenvalue weighted by Crippen LogP contribution is 2.25. The van der Waals surface area contributed by atoms with Crippen LogP contribution in [-0.4, -0.2) is 5.91 Å². The lowest BCUT2D eigenvalue weighted by Crippen LogP contribution is -2.27. The van der Waals surface area contributed by atoms with Crippen LogP contribution in [0.2, 0.25) is 0 Å². The largest absolute Gasteiger partial charge is 0.345 e. The fraction of sp³-hybridized carbons (Fsp3) is 0.188. The van der Waals surface area contributed by atoms with Gasteiger partial charge in [-0.3, -0.25) is 4.79 Å². The van der Waals surface area contributed by atoms with Crippen LogP contribution in [0.15, 0.2) is 51.4 Å². The molecule has 2 nitrogen and oxygen atoms in total. The van der Waals surface area contributed by atoms with Crippen LogP contribution in [0.1, 0.15) is 34.5 Å². The average Bonchev–Trinajstić information content (AvgIpc) is 2.42. The molecule has 0 aliphatic heterocycles. The number of benzene rings is 2. The zero-order chi connectivity index (χ0) is 14.7. The van der Waals surface area contributed by atoms with E-state index in [1.807, 2.05) is 56.3 Å². The van der Waals surface area contributed by atoms with Crippen LogP contribution in [0.3, 0.4) is 0 Å². The topological polar surface area (TPSA) is 29.1 Å². The molecule has 2 aromatic carbocycles. The van der Waals surface area contributed by atoms with Crippen molar-refractivity contribution in [3.63, 3.8) is 0 Å². The summed E-state index contributed by atoms with van der Waals surface area (Å²) >= 11 is 6.98. The van der Waals surface area contributed by atoms with Gasteiger partial charge in [-0.15, -0.1) is 0 Å². The van der Waals surface area contributed by atoms with Crippen LogP contribution in [0.5, 0.6) is 0 Å². The van der Waals surface area contributed by atoms with Gasteiger partial charge in [-0.05, 0) is 53.0 Å². The molecule has 1 unspecified atom stereocenters. The summed E-state index contributed by atoms with van der Waals surface area (Å²) in [4.78, 5) is 12.4. The first-order chi connectivity index (χ1) is 9.50. The summed E-state index contributed by atoms with van der Waals surface area (Å²) in [5, 5.41) is 3.02. The van der Waals surface area contributed by atoms with Crippen molar-refractivity contribution < 1.29 is 4.79 Å². The molecule has 4 heteroatoms. The van der Waals surface area contributed by atoms with E-state index in [1.165, 1.54) is 0 Å². The van der Waals surface area contributed by atoms with Crippen LogP contribution in [0, 0.1) is 6.92 Å². The summed E-state index contributed by atoms with van der Waals surface area (Å²) in [6.07, 6.45) is 0. The molecule has 1 N–H and O–H groups in total. The first-order valence-electron chi connectivity index (χ1n) is 6.31. The maximum atomic E-state index is 12.4. The van der Waals surface area contributed by atoms with Gasteiger partial charge in [0.2, 0.25) is 0 Å². The van der Waals surface area contributed by atoms with Crippen LogP contribution < -0.4 is 5.32 Å². The Morgan fingerprint density at radius 2 is 1.80 bits per heavy atom. The second-order valence-electron chi connectivity index (χ2n) is 4.65. The minimum absolute atomic E-state index is 0.0644. The standard InChI is InChI=1S/C16H15Br2NO/c1-10-6-5-8-13(15(10)18)16(20)19-11(2)12-7-3-4-9-14(12)17/h3-9,11H,1-2H3,(H,19,20). The number of rotatable bonds is 3. The summed E-state index contributed by atoms with van der Waals surface area (Å²) in [6.45, 7) is 3.94. The average molecular weight is 397 g/mol. The molecule has 0 saturated carbocycles. The number of hydrogen-bond donors (Lipinski definition) is 1. The van der Waals surface area contributed by atoms with Gasteiger partial charge in [0.15, 0.2) is 0 Å². The summed E-state index contributed by atoms with van der Waals surface area (Å²) < 4.78 is 1.84. The van der Waals surface area contributed by atoms with Crippen LogP contribution in [-0.2, 0) is 0 Å². The van der Waals surface area contributed by atoms with Crippen molar-refractivity contribution in [1.82, 2.24) is 5.32 Å². The van der Waals surface area contributed by atoms with E-state index in [0.717, 1.165) is 20.1 Å². The number of halogens is 2. The summed E-state index contributed by atoms with van der Waals surface area (Å²) in [5.41, 5.74) is 2.76. The normalized spacial score (nSPS) is 12.0. The Bertz CT molecular complexity index is 640. The van der Waals surface area contributed by atoms with Crippen molar-refractivity contribution >= 4 is 37.8 Å². The third kappa shape index (κ3) is 3.30. The van der Waals surface area contributed by atoms with Gasteiger partial charge in [-0.2, -0.15) is 0 Å². The van der Waals surface area contributed by atoms with Gasteiger partial charge in [-0.1, -0.05) is 46.3 Å². The van der Waals surface area contributed by atoms with Gasteiger partial charge in [0, 0.05) is 8.95 Å². The molecular weight excluding hydrogens is 382 g/mol. The molecular formula is C16H15Br2NO. The predicted octanol–water partition coefficient (Wildman–Crippen LogP) is 5.01.